The van der Waals surface area contributed by atoms with E-state index < -0.39 is 0 Å². The largest absolute Gasteiger partial charge is 0.388 e. The Morgan fingerprint density at radius 1 is 1.21 bits per heavy atom. The molecule has 0 aliphatic heterocycles. The van der Waals surface area contributed by atoms with Crippen LogP contribution in [0.5, 0.6) is 0 Å². The summed E-state index contributed by atoms with van der Waals surface area (Å²) < 4.78 is 0. The molecule has 76 valence electrons. The van der Waals surface area contributed by atoms with Gasteiger partial charge in [0.1, 0.15) is 6.29 Å². The van der Waals surface area contributed by atoms with Gasteiger partial charge in [-0.3, -0.25) is 4.79 Å². The molecular formula is C12H17NO. The van der Waals surface area contributed by atoms with Crippen molar-refractivity contribution in [3.05, 3.63) is 28.8 Å². The Bertz CT molecular complexity index is 331. The van der Waals surface area contributed by atoms with Crippen molar-refractivity contribution < 1.29 is 4.79 Å². The summed E-state index contributed by atoms with van der Waals surface area (Å²) in [5.74, 6) is 0. The fourth-order valence-electron chi connectivity index (χ4n) is 1.88. The minimum Gasteiger partial charge on any atom is -0.388 e. The van der Waals surface area contributed by atoms with Crippen molar-refractivity contribution in [1.29, 1.82) is 0 Å². The van der Waals surface area contributed by atoms with E-state index in [0.717, 1.165) is 30.4 Å². The van der Waals surface area contributed by atoms with Gasteiger partial charge in [0.2, 0.25) is 0 Å². The molecule has 0 saturated carbocycles. The number of benzene rings is 1. The fourth-order valence-corrected chi connectivity index (χ4v) is 1.88. The predicted octanol–water partition coefficient (Wildman–Crippen LogP) is 2.67. The van der Waals surface area contributed by atoms with Gasteiger partial charge in [0, 0.05) is 18.3 Å². The van der Waals surface area contributed by atoms with Crippen LogP contribution < -0.4 is 5.32 Å². The molecule has 0 bridgehead atoms. The van der Waals surface area contributed by atoms with Crippen LogP contribution in [0.15, 0.2) is 12.1 Å². The summed E-state index contributed by atoms with van der Waals surface area (Å²) in [7, 11) is 1.91. The molecule has 2 heteroatoms. The third kappa shape index (κ3) is 1.79. The molecule has 0 unspecified atom stereocenters. The maximum Gasteiger partial charge on any atom is 0.150 e. The third-order valence-corrected chi connectivity index (χ3v) is 2.57. The maximum atomic E-state index is 10.8. The molecule has 0 heterocycles. The summed E-state index contributed by atoms with van der Waals surface area (Å²) in [6.07, 6.45) is 2.81. The van der Waals surface area contributed by atoms with Crippen LogP contribution >= 0.6 is 0 Å². The molecule has 0 radical (unpaired) electrons. The van der Waals surface area contributed by atoms with E-state index in [1.807, 2.05) is 19.2 Å². The molecule has 1 aromatic rings. The zero-order chi connectivity index (χ0) is 10.6. The Morgan fingerprint density at radius 3 is 2.29 bits per heavy atom. The van der Waals surface area contributed by atoms with Crippen molar-refractivity contribution in [1.82, 2.24) is 0 Å². The summed E-state index contributed by atoms with van der Waals surface area (Å²) in [4.78, 5) is 10.8. The van der Waals surface area contributed by atoms with Crippen LogP contribution in [0.25, 0.3) is 0 Å². The summed E-state index contributed by atoms with van der Waals surface area (Å²) in [5, 5.41) is 3.16. The zero-order valence-electron chi connectivity index (χ0n) is 9.05. The number of aldehydes is 1. The van der Waals surface area contributed by atoms with Gasteiger partial charge >= 0.3 is 0 Å². The molecule has 1 rings (SSSR count). The van der Waals surface area contributed by atoms with E-state index in [2.05, 4.69) is 19.2 Å². The highest BCUT2D eigenvalue weighted by molar-refractivity contribution is 5.80. The number of hydrogen-bond acceptors (Lipinski definition) is 2. The third-order valence-electron chi connectivity index (χ3n) is 2.57. The van der Waals surface area contributed by atoms with Crippen molar-refractivity contribution >= 4 is 12.0 Å². The van der Waals surface area contributed by atoms with Crippen LogP contribution in [-0.2, 0) is 12.8 Å². The Balaban J connectivity index is 3.35. The first-order chi connectivity index (χ1) is 6.78. The highest BCUT2D eigenvalue weighted by Crippen LogP contribution is 2.23. The second kappa shape index (κ2) is 4.80. The number of hydrogen-bond donors (Lipinski definition) is 1. The lowest BCUT2D eigenvalue weighted by Gasteiger charge is -2.13. The quantitative estimate of drug-likeness (QED) is 0.741. The molecule has 0 fully saturated rings. The summed E-state index contributed by atoms with van der Waals surface area (Å²) in [6.45, 7) is 4.20. The first kappa shape index (κ1) is 10.8. The lowest BCUT2D eigenvalue weighted by molar-refractivity contribution is 0.112. The first-order valence-electron chi connectivity index (χ1n) is 5.06. The fraction of sp³-hybridized carbons (Fsp3) is 0.417. The Labute approximate surface area is 85.3 Å². The number of carbonyl (C=O) groups excluding carboxylic acids is 1. The van der Waals surface area contributed by atoms with Gasteiger partial charge in [0.25, 0.3) is 0 Å². The molecule has 2 nitrogen and oxygen atoms in total. The summed E-state index contributed by atoms with van der Waals surface area (Å²) >= 11 is 0. The molecule has 0 aliphatic carbocycles. The van der Waals surface area contributed by atoms with Gasteiger partial charge in [-0.25, -0.2) is 0 Å². The molecule has 0 aromatic heterocycles. The van der Waals surface area contributed by atoms with Crippen molar-refractivity contribution in [3.8, 4) is 0 Å². The minimum absolute atomic E-state index is 0.823. The maximum absolute atomic E-state index is 10.8. The lowest BCUT2D eigenvalue weighted by Crippen LogP contribution is -2.02. The molecule has 0 aliphatic rings. The summed E-state index contributed by atoms with van der Waals surface area (Å²) in [6, 6.07) is 3.86. The van der Waals surface area contributed by atoms with Gasteiger partial charge in [-0.2, -0.15) is 0 Å². The monoisotopic (exact) mass is 191 g/mol. The molecule has 1 N–H and O–H groups in total. The standard InChI is InChI=1S/C12H17NO/c1-4-10-9(8-14)6-7-12(13-3)11(10)5-2/h6-8,13H,4-5H2,1-3H3. The van der Waals surface area contributed by atoms with Gasteiger partial charge in [-0.15, -0.1) is 0 Å². The predicted molar refractivity (Wildman–Crippen MR) is 60.1 cm³/mol. The van der Waals surface area contributed by atoms with E-state index in [9.17, 15) is 4.79 Å². The van der Waals surface area contributed by atoms with Crippen LogP contribution in [0.4, 0.5) is 5.69 Å². The second-order valence-electron chi connectivity index (χ2n) is 3.23. The van der Waals surface area contributed by atoms with Crippen LogP contribution in [0, 0.1) is 0 Å². The number of anilines is 1. The van der Waals surface area contributed by atoms with E-state index in [4.69, 9.17) is 0 Å². The minimum atomic E-state index is 0.823. The zero-order valence-corrected chi connectivity index (χ0v) is 9.05. The number of carbonyl (C=O) groups is 1. The van der Waals surface area contributed by atoms with Crippen molar-refractivity contribution in [2.45, 2.75) is 26.7 Å². The molecule has 0 atom stereocenters. The smallest absolute Gasteiger partial charge is 0.150 e. The molecular weight excluding hydrogens is 174 g/mol. The van der Waals surface area contributed by atoms with Crippen molar-refractivity contribution in [2.24, 2.45) is 0 Å². The number of rotatable bonds is 4. The topological polar surface area (TPSA) is 29.1 Å². The van der Waals surface area contributed by atoms with E-state index in [1.54, 1.807) is 0 Å². The SMILES string of the molecule is CCc1c(C=O)ccc(NC)c1CC. The molecule has 0 saturated heterocycles. The van der Waals surface area contributed by atoms with Gasteiger partial charge in [0.15, 0.2) is 0 Å². The van der Waals surface area contributed by atoms with Crippen LogP contribution in [0.1, 0.15) is 35.3 Å². The summed E-state index contributed by atoms with van der Waals surface area (Å²) in [5.41, 5.74) is 4.40. The van der Waals surface area contributed by atoms with Crippen LogP contribution in [0.3, 0.4) is 0 Å². The van der Waals surface area contributed by atoms with Gasteiger partial charge in [-0.1, -0.05) is 13.8 Å². The van der Waals surface area contributed by atoms with Gasteiger partial charge in [0.05, 0.1) is 0 Å². The highest BCUT2D eigenvalue weighted by atomic mass is 16.1. The average Bonchev–Trinajstić information content (AvgIpc) is 2.26. The van der Waals surface area contributed by atoms with E-state index >= 15 is 0 Å². The number of nitrogens with one attached hydrogen (secondary N) is 1. The Morgan fingerprint density at radius 2 is 1.86 bits per heavy atom. The van der Waals surface area contributed by atoms with Crippen molar-refractivity contribution in [3.63, 3.8) is 0 Å². The van der Waals surface area contributed by atoms with Crippen LogP contribution in [-0.4, -0.2) is 13.3 Å². The molecule has 1 aromatic carbocycles. The Kier molecular flexibility index (Phi) is 3.69. The Hall–Kier alpha value is -1.31. The normalized spacial score (nSPS) is 9.93. The van der Waals surface area contributed by atoms with E-state index in [-0.39, 0.29) is 0 Å². The van der Waals surface area contributed by atoms with Gasteiger partial charge in [-0.05, 0) is 36.1 Å². The van der Waals surface area contributed by atoms with E-state index in [1.165, 1.54) is 11.1 Å². The molecule has 0 amide bonds. The molecule has 14 heavy (non-hydrogen) atoms. The van der Waals surface area contributed by atoms with E-state index in [0.29, 0.717) is 0 Å². The molecule has 0 spiro atoms. The van der Waals surface area contributed by atoms with Crippen LogP contribution in [0.2, 0.25) is 0 Å². The second-order valence-corrected chi connectivity index (χ2v) is 3.23. The van der Waals surface area contributed by atoms with Crippen molar-refractivity contribution in [2.75, 3.05) is 12.4 Å². The average molecular weight is 191 g/mol. The van der Waals surface area contributed by atoms with Gasteiger partial charge < -0.3 is 5.32 Å². The highest BCUT2D eigenvalue weighted by Gasteiger charge is 2.08. The lowest BCUT2D eigenvalue weighted by atomic mass is 9.96. The first-order valence-corrected chi connectivity index (χ1v) is 5.06.